The van der Waals surface area contributed by atoms with E-state index in [0.29, 0.717) is 29.2 Å². The van der Waals surface area contributed by atoms with E-state index >= 15 is 0 Å². The predicted molar refractivity (Wildman–Crippen MR) is 181 cm³/mol. The van der Waals surface area contributed by atoms with Gasteiger partial charge in [-0.15, -0.1) is 0 Å². The van der Waals surface area contributed by atoms with Gasteiger partial charge in [-0.3, -0.25) is 9.78 Å². The standard InChI is InChI=1S/C29H36N4O.C9H8F4/c1-6-15-32(8-3)20-25-10-9-16-33(25)29(34)27-17-22(5)31-28-14-13-24(18-26(27)28)23(7-2)12-11-21(4)19-30;1-2-6-3-4-7(5-8(6)10)9(11,12)13/h7,11-14,17-18,25H,2,6,8-10,15-16,20H2,1,3-5H3;3-5H,2H2,1H3/b21-11+,23-12+;. The minimum Gasteiger partial charge on any atom is -0.334 e. The van der Waals surface area contributed by atoms with Crippen LogP contribution in [0.1, 0.15) is 79.7 Å². The third-order valence-electron chi connectivity index (χ3n) is 8.26. The van der Waals surface area contributed by atoms with E-state index in [0.717, 1.165) is 85.3 Å². The summed E-state index contributed by atoms with van der Waals surface area (Å²) < 4.78 is 49.0. The number of hydrogen-bond acceptors (Lipinski definition) is 4. The molecule has 3 aromatic rings. The monoisotopic (exact) mass is 648 g/mol. The second-order valence-corrected chi connectivity index (χ2v) is 11.7. The Morgan fingerprint density at radius 3 is 2.49 bits per heavy atom. The number of rotatable bonds is 10. The van der Waals surface area contributed by atoms with Crippen LogP contribution in [0.25, 0.3) is 16.5 Å². The van der Waals surface area contributed by atoms with Crippen molar-refractivity contribution in [2.75, 3.05) is 26.2 Å². The van der Waals surface area contributed by atoms with Crippen LogP contribution in [0.3, 0.4) is 0 Å². The van der Waals surface area contributed by atoms with Crippen molar-refractivity contribution in [3.63, 3.8) is 0 Å². The Bertz CT molecular complexity index is 1670. The number of amides is 1. The number of carbonyl (C=O) groups excluding carboxylic acids is 1. The first-order valence-corrected chi connectivity index (χ1v) is 16.1. The molecule has 1 aliphatic rings. The maximum Gasteiger partial charge on any atom is 0.416 e. The van der Waals surface area contributed by atoms with Gasteiger partial charge in [0.25, 0.3) is 5.91 Å². The number of carbonyl (C=O) groups is 1. The maximum absolute atomic E-state index is 13.9. The van der Waals surface area contributed by atoms with E-state index in [1.165, 1.54) is 0 Å². The average molecular weight is 649 g/mol. The molecule has 1 fully saturated rings. The first-order valence-electron chi connectivity index (χ1n) is 16.1. The SMILES string of the molecule is C=C/C(=C\C=C(/C)C#N)c1ccc2nc(C)cc(C(=O)N3CCCC3CN(CC)CCC)c2c1.CCc1ccc(C(F)(F)F)cc1F. The molecule has 0 N–H and O–H groups in total. The summed E-state index contributed by atoms with van der Waals surface area (Å²) in [5.41, 5.74) is 4.19. The van der Waals surface area contributed by atoms with Crippen LogP contribution in [0.5, 0.6) is 0 Å². The third-order valence-corrected chi connectivity index (χ3v) is 8.26. The molecule has 47 heavy (non-hydrogen) atoms. The van der Waals surface area contributed by atoms with Gasteiger partial charge in [0.1, 0.15) is 5.82 Å². The van der Waals surface area contributed by atoms with Crippen LogP contribution in [-0.2, 0) is 12.6 Å². The van der Waals surface area contributed by atoms with Gasteiger partial charge < -0.3 is 9.80 Å². The number of halogens is 4. The number of benzene rings is 2. The van der Waals surface area contributed by atoms with E-state index in [1.54, 1.807) is 26.0 Å². The summed E-state index contributed by atoms with van der Waals surface area (Å²) in [7, 11) is 0. The number of nitriles is 1. The Hall–Kier alpha value is -4.29. The van der Waals surface area contributed by atoms with Gasteiger partial charge in [-0.25, -0.2) is 4.39 Å². The molecule has 1 saturated heterocycles. The highest BCUT2D eigenvalue weighted by atomic mass is 19.4. The van der Waals surface area contributed by atoms with E-state index < -0.39 is 17.6 Å². The van der Waals surface area contributed by atoms with Crippen molar-refractivity contribution >= 4 is 22.4 Å². The highest BCUT2D eigenvalue weighted by Crippen LogP contribution is 2.31. The second-order valence-electron chi connectivity index (χ2n) is 11.7. The van der Waals surface area contributed by atoms with Gasteiger partial charge in [-0.05, 0) is 106 Å². The number of allylic oxidation sites excluding steroid dienone is 5. The summed E-state index contributed by atoms with van der Waals surface area (Å²) in [4.78, 5) is 23.1. The van der Waals surface area contributed by atoms with Gasteiger partial charge in [-0.2, -0.15) is 18.4 Å². The summed E-state index contributed by atoms with van der Waals surface area (Å²) in [5, 5.41) is 9.91. The molecule has 0 spiro atoms. The van der Waals surface area contributed by atoms with Crippen LogP contribution in [0, 0.1) is 24.1 Å². The van der Waals surface area contributed by atoms with E-state index in [1.807, 2.05) is 37.3 Å². The highest BCUT2D eigenvalue weighted by molar-refractivity contribution is 6.07. The lowest BCUT2D eigenvalue weighted by Gasteiger charge is -2.30. The van der Waals surface area contributed by atoms with E-state index in [4.69, 9.17) is 5.26 Å². The molecule has 1 atom stereocenters. The lowest BCUT2D eigenvalue weighted by atomic mass is 9.99. The number of nitrogens with zero attached hydrogens (tertiary/aromatic N) is 4. The van der Waals surface area contributed by atoms with Crippen LogP contribution in [0.15, 0.2) is 72.8 Å². The second kappa shape index (κ2) is 17.0. The van der Waals surface area contributed by atoms with Crippen molar-refractivity contribution in [2.24, 2.45) is 0 Å². The molecule has 9 heteroatoms. The van der Waals surface area contributed by atoms with E-state index in [9.17, 15) is 22.4 Å². The van der Waals surface area contributed by atoms with Crippen molar-refractivity contribution in [3.05, 3.63) is 107 Å². The Balaban J connectivity index is 0.000000386. The molecule has 2 aromatic carbocycles. The topological polar surface area (TPSA) is 60.2 Å². The van der Waals surface area contributed by atoms with Gasteiger partial charge >= 0.3 is 6.18 Å². The molecule has 1 aliphatic heterocycles. The predicted octanol–water partition coefficient (Wildman–Crippen LogP) is 9.33. The van der Waals surface area contributed by atoms with Crippen LogP contribution < -0.4 is 0 Å². The zero-order valence-corrected chi connectivity index (χ0v) is 27.9. The highest BCUT2D eigenvalue weighted by Gasteiger charge is 2.32. The third kappa shape index (κ3) is 9.85. The Labute approximate surface area is 275 Å². The number of pyridine rings is 1. The zero-order chi connectivity index (χ0) is 34.7. The smallest absolute Gasteiger partial charge is 0.334 e. The fourth-order valence-electron chi connectivity index (χ4n) is 5.70. The quantitative estimate of drug-likeness (QED) is 0.125. The van der Waals surface area contributed by atoms with Gasteiger partial charge in [0.05, 0.1) is 22.7 Å². The van der Waals surface area contributed by atoms with Gasteiger partial charge in [0.2, 0.25) is 0 Å². The van der Waals surface area contributed by atoms with Crippen LogP contribution in [-0.4, -0.2) is 52.9 Å². The van der Waals surface area contributed by atoms with Crippen molar-refractivity contribution in [1.82, 2.24) is 14.8 Å². The van der Waals surface area contributed by atoms with E-state index in [2.05, 4.69) is 41.3 Å². The molecule has 5 nitrogen and oxygen atoms in total. The number of likely N-dealkylation sites (N-methyl/N-ethyl adjacent to an activating group) is 1. The summed E-state index contributed by atoms with van der Waals surface area (Å²) in [6, 6.07) is 12.9. The number of hydrogen-bond donors (Lipinski definition) is 0. The Morgan fingerprint density at radius 2 is 1.89 bits per heavy atom. The number of fused-ring (bicyclic) bond motifs is 1. The first kappa shape index (κ1) is 37.2. The van der Waals surface area contributed by atoms with Gasteiger partial charge in [0, 0.05) is 35.8 Å². The summed E-state index contributed by atoms with van der Waals surface area (Å²) in [6.45, 7) is 17.5. The van der Waals surface area contributed by atoms with Crippen molar-refractivity contribution in [3.8, 4) is 6.07 Å². The minimum atomic E-state index is -4.47. The molecule has 1 amide bonds. The summed E-state index contributed by atoms with van der Waals surface area (Å²) >= 11 is 0. The molecule has 0 radical (unpaired) electrons. The molecular weight excluding hydrogens is 604 g/mol. The van der Waals surface area contributed by atoms with Gasteiger partial charge in [-0.1, -0.05) is 51.6 Å². The lowest BCUT2D eigenvalue weighted by Crippen LogP contribution is -2.43. The fourth-order valence-corrected chi connectivity index (χ4v) is 5.70. The van der Waals surface area contributed by atoms with Crippen molar-refractivity contribution < 1.29 is 22.4 Å². The van der Waals surface area contributed by atoms with Crippen molar-refractivity contribution in [1.29, 1.82) is 5.26 Å². The first-order chi connectivity index (χ1) is 22.4. The molecule has 0 aliphatic carbocycles. The number of alkyl halides is 3. The molecule has 0 saturated carbocycles. The number of likely N-dealkylation sites (tertiary alicyclic amines) is 1. The number of aryl methyl sites for hydroxylation is 2. The summed E-state index contributed by atoms with van der Waals surface area (Å²) in [5.74, 6) is -0.704. The zero-order valence-electron chi connectivity index (χ0n) is 27.9. The molecule has 0 bridgehead atoms. The Kier molecular flexibility index (Phi) is 13.5. The number of aromatic nitrogens is 1. The van der Waals surface area contributed by atoms with E-state index in [-0.39, 0.29) is 11.9 Å². The van der Waals surface area contributed by atoms with Crippen LogP contribution >= 0.6 is 0 Å². The lowest BCUT2D eigenvalue weighted by molar-refractivity contribution is -0.137. The molecule has 4 rings (SSSR count). The maximum atomic E-state index is 13.9. The van der Waals surface area contributed by atoms with Crippen molar-refractivity contribution in [2.45, 2.75) is 72.5 Å². The minimum absolute atomic E-state index is 0.0899. The largest absolute Gasteiger partial charge is 0.416 e. The van der Waals surface area contributed by atoms with Crippen LogP contribution in [0.4, 0.5) is 17.6 Å². The molecule has 1 unspecified atom stereocenters. The summed E-state index contributed by atoms with van der Waals surface area (Å²) in [6.07, 6.45) is 4.58. The average Bonchev–Trinajstić information content (AvgIpc) is 3.51. The van der Waals surface area contributed by atoms with Gasteiger partial charge in [0.15, 0.2) is 0 Å². The molecule has 250 valence electrons. The Morgan fingerprint density at radius 1 is 1.15 bits per heavy atom. The molecule has 1 aromatic heterocycles. The molecule has 2 heterocycles. The fraction of sp³-hybridized carbons (Fsp3) is 0.395. The normalized spacial score (nSPS) is 15.4. The van der Waals surface area contributed by atoms with Crippen LogP contribution in [0.2, 0.25) is 0 Å². The molecular formula is C38H44F4N4O.